The first-order chi connectivity index (χ1) is 12.9. The number of hydrogen-bond acceptors (Lipinski definition) is 6. The molecule has 0 unspecified atom stereocenters. The minimum atomic E-state index is -0.451. The summed E-state index contributed by atoms with van der Waals surface area (Å²) in [6, 6.07) is 6.48. The van der Waals surface area contributed by atoms with Crippen molar-refractivity contribution in [2.24, 2.45) is 0 Å². The molecule has 0 radical (unpaired) electrons. The molecule has 8 heteroatoms. The van der Waals surface area contributed by atoms with Gasteiger partial charge in [-0.1, -0.05) is 11.2 Å². The Labute approximate surface area is 158 Å². The molecule has 1 aromatic heterocycles. The van der Waals surface area contributed by atoms with Crippen LogP contribution < -0.4 is 10.2 Å². The van der Waals surface area contributed by atoms with Crippen molar-refractivity contribution in [3.8, 4) is 0 Å². The van der Waals surface area contributed by atoms with Crippen molar-refractivity contribution in [3.05, 3.63) is 23.8 Å². The Morgan fingerprint density at radius 1 is 1.22 bits per heavy atom. The highest BCUT2D eigenvalue weighted by Crippen LogP contribution is 2.29. The van der Waals surface area contributed by atoms with Gasteiger partial charge in [0, 0.05) is 44.7 Å². The monoisotopic (exact) mass is 371 g/mol. The lowest BCUT2D eigenvalue weighted by molar-refractivity contribution is -0.120. The normalized spacial score (nSPS) is 25.2. The van der Waals surface area contributed by atoms with Crippen molar-refractivity contribution < 1.29 is 14.1 Å². The molecule has 3 heterocycles. The van der Waals surface area contributed by atoms with Gasteiger partial charge in [-0.25, -0.2) is 4.79 Å². The summed E-state index contributed by atoms with van der Waals surface area (Å²) in [5.41, 5.74) is 1.79. The van der Waals surface area contributed by atoms with Gasteiger partial charge in [-0.3, -0.25) is 19.9 Å². The number of amides is 3. The number of likely N-dealkylation sites (N-methyl/N-ethyl adjacent to an activating group) is 1. The topological polar surface area (TPSA) is 81.9 Å². The lowest BCUT2D eigenvalue weighted by Gasteiger charge is -2.43. The van der Waals surface area contributed by atoms with Crippen LogP contribution in [0.5, 0.6) is 0 Å². The summed E-state index contributed by atoms with van der Waals surface area (Å²) in [6.07, 6.45) is 0.260. The molecule has 3 amide bonds. The molecule has 2 aliphatic rings. The second-order valence-electron chi connectivity index (χ2n) is 7.68. The molecule has 2 aromatic rings. The summed E-state index contributed by atoms with van der Waals surface area (Å²) in [7, 11) is 2.16. The number of carbonyl (C=O) groups excluding carboxylic acids is 2. The number of imide groups is 1. The van der Waals surface area contributed by atoms with Gasteiger partial charge in [0.25, 0.3) is 0 Å². The van der Waals surface area contributed by atoms with Gasteiger partial charge >= 0.3 is 6.03 Å². The van der Waals surface area contributed by atoms with E-state index in [2.05, 4.69) is 47.2 Å². The third-order valence-electron chi connectivity index (χ3n) is 5.47. The van der Waals surface area contributed by atoms with Crippen molar-refractivity contribution >= 4 is 28.7 Å². The molecule has 0 saturated carbocycles. The first-order valence-corrected chi connectivity index (χ1v) is 9.36. The van der Waals surface area contributed by atoms with Crippen LogP contribution in [0.4, 0.5) is 10.6 Å². The van der Waals surface area contributed by atoms with Crippen molar-refractivity contribution in [2.75, 3.05) is 31.6 Å². The van der Waals surface area contributed by atoms with Crippen LogP contribution in [0.3, 0.4) is 0 Å². The molecule has 2 atom stereocenters. The summed E-state index contributed by atoms with van der Waals surface area (Å²) >= 11 is 0. The number of carbonyl (C=O) groups is 2. The number of anilines is 1. The van der Waals surface area contributed by atoms with Crippen LogP contribution in [0, 0.1) is 0 Å². The summed E-state index contributed by atoms with van der Waals surface area (Å²) in [6.45, 7) is 7.75. The molecule has 27 heavy (non-hydrogen) atoms. The third kappa shape index (κ3) is 3.42. The molecule has 2 aliphatic heterocycles. The summed E-state index contributed by atoms with van der Waals surface area (Å²) in [5.74, 6) is 0.208. The smallest absolute Gasteiger partial charge is 0.329 e. The quantitative estimate of drug-likeness (QED) is 0.886. The molecule has 0 aliphatic carbocycles. The van der Waals surface area contributed by atoms with E-state index in [9.17, 15) is 9.59 Å². The maximum Gasteiger partial charge on any atom is 0.329 e. The Morgan fingerprint density at radius 2 is 1.96 bits per heavy atom. The van der Waals surface area contributed by atoms with Gasteiger partial charge in [-0.05, 0) is 38.6 Å². The Kier molecular flexibility index (Phi) is 4.61. The first kappa shape index (κ1) is 17.9. The second kappa shape index (κ2) is 6.94. The van der Waals surface area contributed by atoms with Crippen LogP contribution in [0.2, 0.25) is 0 Å². The van der Waals surface area contributed by atoms with Gasteiger partial charge in [0.05, 0.1) is 5.39 Å². The zero-order valence-corrected chi connectivity index (χ0v) is 15.9. The minimum Gasteiger partial charge on any atom is -0.354 e. The number of fused-ring (bicyclic) bond motifs is 1. The molecule has 8 nitrogen and oxygen atoms in total. The molecule has 2 fully saturated rings. The Hall–Kier alpha value is -2.45. The number of aromatic nitrogens is 1. The van der Waals surface area contributed by atoms with Crippen molar-refractivity contribution in [3.63, 3.8) is 0 Å². The molecule has 1 aromatic carbocycles. The summed E-state index contributed by atoms with van der Waals surface area (Å²) < 4.78 is 5.40. The van der Waals surface area contributed by atoms with Crippen LogP contribution in [-0.4, -0.2) is 65.7 Å². The van der Waals surface area contributed by atoms with Crippen LogP contribution in [-0.2, 0) is 11.3 Å². The highest BCUT2D eigenvalue weighted by atomic mass is 16.5. The largest absolute Gasteiger partial charge is 0.354 e. The SMILES string of the molecule is C[C@@H]1CN(C)C[C@H](C)N1Cc1ccc2onc(N3CCC(=O)NC3=O)c2c1. The van der Waals surface area contributed by atoms with Crippen LogP contribution in [0.25, 0.3) is 11.0 Å². The molecule has 1 N–H and O–H groups in total. The highest BCUT2D eigenvalue weighted by molar-refractivity contribution is 6.08. The van der Waals surface area contributed by atoms with Crippen LogP contribution in [0.15, 0.2) is 22.7 Å². The maximum atomic E-state index is 12.2. The number of nitrogens with zero attached hydrogens (tertiary/aromatic N) is 4. The molecule has 4 rings (SSSR count). The van der Waals surface area contributed by atoms with E-state index in [0.717, 1.165) is 30.6 Å². The fourth-order valence-electron chi connectivity index (χ4n) is 4.18. The second-order valence-corrected chi connectivity index (χ2v) is 7.68. The molecular formula is C19H25N5O3. The number of nitrogens with one attached hydrogen (secondary N) is 1. The number of urea groups is 1. The fraction of sp³-hybridized carbons (Fsp3) is 0.526. The van der Waals surface area contributed by atoms with E-state index >= 15 is 0 Å². The van der Waals surface area contributed by atoms with E-state index in [1.807, 2.05) is 12.1 Å². The average molecular weight is 371 g/mol. The van der Waals surface area contributed by atoms with Crippen molar-refractivity contribution in [1.82, 2.24) is 20.3 Å². The van der Waals surface area contributed by atoms with E-state index in [0.29, 0.717) is 30.0 Å². The molecule has 144 valence electrons. The maximum absolute atomic E-state index is 12.2. The van der Waals surface area contributed by atoms with Gasteiger partial charge < -0.3 is 9.42 Å². The number of piperazine rings is 1. The predicted octanol–water partition coefficient (Wildman–Crippen LogP) is 1.80. The Morgan fingerprint density at radius 3 is 2.67 bits per heavy atom. The lowest BCUT2D eigenvalue weighted by atomic mass is 10.1. The number of rotatable bonds is 3. The van der Waals surface area contributed by atoms with E-state index in [1.54, 1.807) is 0 Å². The van der Waals surface area contributed by atoms with Crippen LogP contribution >= 0.6 is 0 Å². The third-order valence-corrected chi connectivity index (χ3v) is 5.47. The summed E-state index contributed by atoms with van der Waals surface area (Å²) in [5, 5.41) is 7.21. The van der Waals surface area contributed by atoms with Crippen molar-refractivity contribution in [1.29, 1.82) is 0 Å². The van der Waals surface area contributed by atoms with E-state index < -0.39 is 6.03 Å². The lowest BCUT2D eigenvalue weighted by Crippen LogP contribution is -2.54. The standard InChI is InChI=1S/C19H25N5O3/c1-12-9-22(3)10-13(2)24(12)11-14-4-5-16-15(8-14)18(21-27-16)23-7-6-17(25)20-19(23)26/h4-5,8,12-13H,6-7,9-11H2,1-3H3,(H,20,25,26)/t12-,13+. The van der Waals surface area contributed by atoms with Crippen molar-refractivity contribution in [2.45, 2.75) is 38.9 Å². The molecule has 0 bridgehead atoms. The minimum absolute atomic E-state index is 0.260. The Bertz CT molecular complexity index is 867. The van der Waals surface area contributed by atoms with E-state index in [-0.39, 0.29) is 12.3 Å². The van der Waals surface area contributed by atoms with E-state index in [1.165, 1.54) is 4.90 Å². The molecular weight excluding hydrogens is 346 g/mol. The summed E-state index contributed by atoms with van der Waals surface area (Å²) in [4.78, 5) is 29.9. The van der Waals surface area contributed by atoms with Gasteiger partial charge in [0.15, 0.2) is 11.4 Å². The molecule has 2 saturated heterocycles. The highest BCUT2D eigenvalue weighted by Gasteiger charge is 2.30. The van der Waals surface area contributed by atoms with Crippen LogP contribution in [0.1, 0.15) is 25.8 Å². The zero-order chi connectivity index (χ0) is 19.1. The average Bonchev–Trinajstić information content (AvgIpc) is 3.01. The fourth-order valence-corrected chi connectivity index (χ4v) is 4.18. The number of benzene rings is 1. The van der Waals surface area contributed by atoms with Gasteiger partial charge in [0.2, 0.25) is 5.91 Å². The number of hydrogen-bond donors (Lipinski definition) is 1. The zero-order valence-electron chi connectivity index (χ0n) is 15.9. The molecule has 0 spiro atoms. The van der Waals surface area contributed by atoms with E-state index in [4.69, 9.17) is 4.52 Å². The Balaban J connectivity index is 1.60. The van der Waals surface area contributed by atoms with Gasteiger partial charge in [-0.15, -0.1) is 0 Å². The predicted molar refractivity (Wildman–Crippen MR) is 101 cm³/mol. The first-order valence-electron chi connectivity index (χ1n) is 9.36. The van der Waals surface area contributed by atoms with Gasteiger partial charge in [-0.2, -0.15) is 0 Å². The van der Waals surface area contributed by atoms with Gasteiger partial charge in [0.1, 0.15) is 0 Å².